The van der Waals surface area contributed by atoms with Crippen molar-refractivity contribution in [1.29, 1.82) is 0 Å². The maximum Gasteiger partial charge on any atom is 0.506 e. The lowest BCUT2D eigenvalue weighted by molar-refractivity contribution is -0.137. The summed E-state index contributed by atoms with van der Waals surface area (Å²) in [5.74, 6) is -0.396. The first-order valence-corrected chi connectivity index (χ1v) is 8.12. The van der Waals surface area contributed by atoms with E-state index in [1.54, 1.807) is 21.3 Å². The molecule has 0 aromatic rings. The van der Waals surface area contributed by atoms with Crippen molar-refractivity contribution < 1.29 is 22.8 Å². The van der Waals surface area contributed by atoms with Gasteiger partial charge in [-0.3, -0.25) is 0 Å². The first-order valence-electron chi connectivity index (χ1n) is 6.40. The zero-order chi connectivity index (χ0) is 14.9. The third-order valence-corrected chi connectivity index (χ3v) is 7.30. The van der Waals surface area contributed by atoms with Gasteiger partial charge in [0.15, 0.2) is 0 Å². The summed E-state index contributed by atoms with van der Waals surface area (Å²) in [6.45, 7) is 7.89. The lowest BCUT2D eigenvalue weighted by Gasteiger charge is -2.40. The zero-order valence-corrected chi connectivity index (χ0v) is 13.7. The largest absolute Gasteiger partial charge is 0.506 e. The molecule has 0 spiro atoms. The molecule has 0 radical (unpaired) electrons. The van der Waals surface area contributed by atoms with E-state index in [2.05, 4.69) is 20.4 Å². The molecule has 6 heteroatoms. The summed E-state index contributed by atoms with van der Waals surface area (Å²) in [6.07, 6.45) is 3.56. The molecule has 0 aliphatic carbocycles. The van der Waals surface area contributed by atoms with Gasteiger partial charge in [0.2, 0.25) is 0 Å². The van der Waals surface area contributed by atoms with Crippen LogP contribution in [0.3, 0.4) is 0 Å². The molecule has 1 atom stereocenters. The molecule has 5 nitrogen and oxygen atoms in total. The van der Waals surface area contributed by atoms with Crippen LogP contribution in [-0.2, 0) is 22.8 Å². The Morgan fingerprint density at radius 1 is 1.26 bits per heavy atom. The molecule has 19 heavy (non-hydrogen) atoms. The lowest BCUT2D eigenvalue weighted by atomic mass is 10.0. The quantitative estimate of drug-likeness (QED) is 0.268. The van der Waals surface area contributed by atoms with E-state index in [4.69, 9.17) is 18.0 Å². The molecule has 0 N–H and O–H groups in total. The molecular weight excluding hydrogens is 264 g/mol. The predicted molar refractivity (Wildman–Crippen MR) is 75.8 cm³/mol. The van der Waals surface area contributed by atoms with Crippen LogP contribution in [0.4, 0.5) is 0 Å². The lowest BCUT2D eigenvalue weighted by Crippen LogP contribution is -2.53. The van der Waals surface area contributed by atoms with Gasteiger partial charge in [0.05, 0.1) is 6.61 Å². The summed E-state index contributed by atoms with van der Waals surface area (Å²) in [6, 6.07) is 0. The van der Waals surface area contributed by atoms with Crippen molar-refractivity contribution in [3.05, 3.63) is 12.7 Å². The highest BCUT2D eigenvalue weighted by Gasteiger charge is 2.55. The van der Waals surface area contributed by atoms with Gasteiger partial charge in [-0.1, -0.05) is 20.4 Å². The average molecular weight is 290 g/mol. The molecule has 0 amide bonds. The minimum Gasteiger partial charge on any atom is -0.463 e. The summed E-state index contributed by atoms with van der Waals surface area (Å²) >= 11 is 0. The van der Waals surface area contributed by atoms with Gasteiger partial charge in [-0.2, -0.15) is 0 Å². The number of hydrogen-bond donors (Lipinski definition) is 0. The van der Waals surface area contributed by atoms with Gasteiger partial charge in [-0.05, 0) is 19.3 Å². The van der Waals surface area contributed by atoms with Crippen molar-refractivity contribution in [3.8, 4) is 0 Å². The SMILES string of the molecule is C=CC(=O)OCCCC(C)(CC)[Si](OC)(OC)OC. The van der Waals surface area contributed by atoms with E-state index >= 15 is 0 Å². The Hall–Kier alpha value is -0.693. The molecule has 0 rings (SSSR count). The fourth-order valence-electron chi connectivity index (χ4n) is 2.23. The second-order valence-corrected chi connectivity index (χ2v) is 8.10. The number of esters is 1. The van der Waals surface area contributed by atoms with Crippen molar-refractivity contribution in [2.75, 3.05) is 27.9 Å². The van der Waals surface area contributed by atoms with Gasteiger partial charge >= 0.3 is 14.8 Å². The van der Waals surface area contributed by atoms with E-state index in [1.807, 2.05) is 0 Å². The second kappa shape index (κ2) is 8.47. The molecule has 0 aromatic heterocycles. The van der Waals surface area contributed by atoms with Crippen LogP contribution >= 0.6 is 0 Å². The highest BCUT2D eigenvalue weighted by molar-refractivity contribution is 6.64. The number of carbonyl (C=O) groups is 1. The molecule has 0 saturated heterocycles. The van der Waals surface area contributed by atoms with E-state index in [9.17, 15) is 4.79 Å². The second-order valence-electron chi connectivity index (χ2n) is 4.56. The molecule has 0 bridgehead atoms. The van der Waals surface area contributed by atoms with Crippen LogP contribution < -0.4 is 0 Å². The molecule has 112 valence electrons. The van der Waals surface area contributed by atoms with Crippen molar-refractivity contribution in [2.24, 2.45) is 0 Å². The van der Waals surface area contributed by atoms with Crippen molar-refractivity contribution in [1.82, 2.24) is 0 Å². The Kier molecular flexibility index (Phi) is 8.16. The summed E-state index contributed by atoms with van der Waals surface area (Å²) in [5.41, 5.74) is 0. The first-order chi connectivity index (χ1) is 8.95. The van der Waals surface area contributed by atoms with Gasteiger partial charge in [0.25, 0.3) is 0 Å². The van der Waals surface area contributed by atoms with E-state index < -0.39 is 14.8 Å². The monoisotopic (exact) mass is 290 g/mol. The smallest absolute Gasteiger partial charge is 0.463 e. The van der Waals surface area contributed by atoms with Gasteiger partial charge < -0.3 is 18.0 Å². The van der Waals surface area contributed by atoms with Crippen LogP contribution in [0.25, 0.3) is 0 Å². The summed E-state index contributed by atoms with van der Waals surface area (Å²) in [7, 11) is 2.13. The molecule has 0 heterocycles. The van der Waals surface area contributed by atoms with E-state index in [0.717, 1.165) is 25.3 Å². The molecule has 0 aromatic carbocycles. The number of carbonyl (C=O) groups excluding carboxylic acids is 1. The standard InChI is InChI=1S/C13H26O5Si/c1-7-12(14)18-11-9-10-13(3,8-2)19(15-4,16-5)17-6/h7H,1,8-11H2,2-6H3. The molecular formula is C13H26O5Si. The minimum atomic E-state index is -2.72. The van der Waals surface area contributed by atoms with Crippen LogP contribution in [0.5, 0.6) is 0 Å². The van der Waals surface area contributed by atoms with Crippen molar-refractivity contribution in [2.45, 2.75) is 38.1 Å². The number of hydrogen-bond acceptors (Lipinski definition) is 5. The molecule has 0 aliphatic heterocycles. The van der Waals surface area contributed by atoms with E-state index in [1.165, 1.54) is 0 Å². The Morgan fingerprint density at radius 2 is 1.79 bits per heavy atom. The maximum atomic E-state index is 11.0. The van der Waals surface area contributed by atoms with Crippen LogP contribution in [0.2, 0.25) is 5.04 Å². The Labute approximate surface area is 117 Å². The summed E-state index contributed by atoms with van der Waals surface area (Å²) in [5, 5.41) is -0.203. The van der Waals surface area contributed by atoms with Crippen LogP contribution in [0.15, 0.2) is 12.7 Å². The number of ether oxygens (including phenoxy) is 1. The average Bonchev–Trinajstić information content (AvgIpc) is 2.45. The summed E-state index contributed by atoms with van der Waals surface area (Å²) < 4.78 is 21.7. The molecule has 0 saturated carbocycles. The fourth-order valence-corrected chi connectivity index (χ4v) is 5.12. The third-order valence-electron chi connectivity index (χ3n) is 3.61. The van der Waals surface area contributed by atoms with Crippen molar-refractivity contribution in [3.63, 3.8) is 0 Å². The molecule has 1 unspecified atom stereocenters. The van der Waals surface area contributed by atoms with Crippen molar-refractivity contribution >= 4 is 14.8 Å². The normalized spacial score (nSPS) is 14.8. The van der Waals surface area contributed by atoms with Crippen LogP contribution in [-0.4, -0.2) is 42.7 Å². The molecule has 0 aliphatic rings. The van der Waals surface area contributed by atoms with Crippen LogP contribution in [0.1, 0.15) is 33.1 Å². The zero-order valence-electron chi connectivity index (χ0n) is 12.7. The molecule has 0 fully saturated rings. The van der Waals surface area contributed by atoms with E-state index in [0.29, 0.717) is 6.61 Å². The van der Waals surface area contributed by atoms with E-state index in [-0.39, 0.29) is 5.04 Å². The van der Waals surface area contributed by atoms with Crippen LogP contribution in [0, 0.1) is 0 Å². The highest BCUT2D eigenvalue weighted by Crippen LogP contribution is 2.46. The topological polar surface area (TPSA) is 54.0 Å². The fraction of sp³-hybridized carbons (Fsp3) is 0.769. The predicted octanol–water partition coefficient (Wildman–Crippen LogP) is 2.54. The Balaban J connectivity index is 4.59. The maximum absolute atomic E-state index is 11.0. The number of rotatable bonds is 10. The Bertz CT molecular complexity index is 282. The minimum absolute atomic E-state index is 0.203. The van der Waals surface area contributed by atoms with Gasteiger partial charge in [0.1, 0.15) is 0 Å². The highest BCUT2D eigenvalue weighted by atomic mass is 28.4. The van der Waals surface area contributed by atoms with Gasteiger partial charge in [0, 0.05) is 32.4 Å². The third kappa shape index (κ3) is 4.41. The van der Waals surface area contributed by atoms with Gasteiger partial charge in [-0.25, -0.2) is 4.79 Å². The summed E-state index contributed by atoms with van der Waals surface area (Å²) in [4.78, 5) is 11.0. The Morgan fingerprint density at radius 3 is 2.16 bits per heavy atom. The first kappa shape index (κ1) is 18.3. The van der Waals surface area contributed by atoms with Gasteiger partial charge in [-0.15, -0.1) is 0 Å².